The molecule has 8 heteroatoms. The second kappa shape index (κ2) is 8.59. The number of anilines is 1. The molecule has 2 N–H and O–H groups in total. The van der Waals surface area contributed by atoms with E-state index in [0.29, 0.717) is 17.2 Å². The van der Waals surface area contributed by atoms with Crippen LogP contribution in [0.4, 0.5) is 5.82 Å². The topological polar surface area (TPSA) is 94.8 Å². The molecule has 1 aromatic heterocycles. The number of hydrogen-bond donors (Lipinski definition) is 2. The fraction of sp³-hybridized carbons (Fsp3) is 0.304. The Kier molecular flexibility index (Phi) is 5.70. The molecule has 2 aromatic carbocycles. The number of nitrogens with one attached hydrogen (secondary N) is 1. The predicted octanol–water partition coefficient (Wildman–Crippen LogP) is 4.01. The number of fused-ring (bicyclic) bond motifs is 1. The largest absolute Gasteiger partial charge is 0.493 e. The molecule has 0 amide bonds. The monoisotopic (exact) mass is 423 g/mol. The normalized spacial score (nSPS) is 13.0. The molecule has 162 valence electrons. The summed E-state index contributed by atoms with van der Waals surface area (Å²) < 4.78 is 18.3. The summed E-state index contributed by atoms with van der Waals surface area (Å²) in [6.45, 7) is 0.848. The maximum atomic E-state index is 11.2. The SMILES string of the molecule is COc1cc(-c2nn(-c3ccc(C(=O)O)cc3)c3c2CCCCN3)cc(OC)c1OC. The minimum atomic E-state index is -0.956. The minimum Gasteiger partial charge on any atom is -0.493 e. The van der Waals surface area contributed by atoms with E-state index >= 15 is 0 Å². The zero-order valence-corrected chi connectivity index (χ0v) is 17.8. The van der Waals surface area contributed by atoms with Crippen LogP contribution in [0.15, 0.2) is 36.4 Å². The molecule has 0 aliphatic carbocycles. The minimum absolute atomic E-state index is 0.236. The molecule has 1 aliphatic rings. The molecular weight excluding hydrogens is 398 g/mol. The van der Waals surface area contributed by atoms with Crippen molar-refractivity contribution in [1.82, 2.24) is 9.78 Å². The third-order valence-electron chi connectivity index (χ3n) is 5.43. The summed E-state index contributed by atoms with van der Waals surface area (Å²) in [5.74, 6) is 1.62. The smallest absolute Gasteiger partial charge is 0.335 e. The number of benzene rings is 2. The Morgan fingerprint density at radius 3 is 2.29 bits per heavy atom. The van der Waals surface area contributed by atoms with Gasteiger partial charge in [0.25, 0.3) is 0 Å². The van der Waals surface area contributed by atoms with Crippen LogP contribution < -0.4 is 19.5 Å². The number of nitrogens with zero attached hydrogens (tertiary/aromatic N) is 2. The molecular formula is C23H25N3O5. The highest BCUT2D eigenvalue weighted by atomic mass is 16.5. The average Bonchev–Trinajstić information content (AvgIpc) is 2.98. The van der Waals surface area contributed by atoms with E-state index in [1.807, 2.05) is 16.8 Å². The number of carbonyl (C=O) groups is 1. The highest BCUT2D eigenvalue weighted by Gasteiger charge is 2.24. The molecule has 0 fully saturated rings. The lowest BCUT2D eigenvalue weighted by Gasteiger charge is -2.14. The van der Waals surface area contributed by atoms with Gasteiger partial charge >= 0.3 is 5.97 Å². The van der Waals surface area contributed by atoms with Crippen molar-refractivity contribution in [1.29, 1.82) is 0 Å². The molecule has 1 aliphatic heterocycles. The molecule has 3 aromatic rings. The molecule has 0 atom stereocenters. The average molecular weight is 423 g/mol. The lowest BCUT2D eigenvalue weighted by Crippen LogP contribution is -2.07. The molecule has 0 radical (unpaired) electrons. The van der Waals surface area contributed by atoms with E-state index in [0.717, 1.165) is 54.1 Å². The molecule has 0 saturated carbocycles. The maximum Gasteiger partial charge on any atom is 0.335 e. The van der Waals surface area contributed by atoms with E-state index < -0.39 is 5.97 Å². The van der Waals surface area contributed by atoms with Crippen LogP contribution in [0.2, 0.25) is 0 Å². The van der Waals surface area contributed by atoms with Gasteiger partial charge in [-0.05, 0) is 55.7 Å². The summed E-state index contributed by atoms with van der Waals surface area (Å²) in [6.07, 6.45) is 2.98. The Bertz CT molecular complexity index is 1080. The van der Waals surface area contributed by atoms with E-state index in [9.17, 15) is 9.90 Å². The summed E-state index contributed by atoms with van der Waals surface area (Å²) in [7, 11) is 4.75. The number of aromatic nitrogens is 2. The molecule has 0 unspecified atom stereocenters. The Labute approximate surface area is 180 Å². The summed E-state index contributed by atoms with van der Waals surface area (Å²) in [4.78, 5) is 11.2. The van der Waals surface area contributed by atoms with Gasteiger partial charge in [-0.25, -0.2) is 9.48 Å². The molecule has 2 heterocycles. The number of methoxy groups -OCH3 is 3. The highest BCUT2D eigenvalue weighted by Crippen LogP contribution is 2.43. The van der Waals surface area contributed by atoms with Crippen molar-refractivity contribution in [2.75, 3.05) is 33.2 Å². The molecule has 0 bridgehead atoms. The van der Waals surface area contributed by atoms with Crippen molar-refractivity contribution in [2.45, 2.75) is 19.3 Å². The fourth-order valence-electron chi connectivity index (χ4n) is 3.88. The van der Waals surface area contributed by atoms with Crippen molar-refractivity contribution in [3.8, 4) is 34.2 Å². The number of hydrogen-bond acceptors (Lipinski definition) is 6. The van der Waals surface area contributed by atoms with Crippen LogP contribution in [0.25, 0.3) is 16.9 Å². The predicted molar refractivity (Wildman–Crippen MR) is 117 cm³/mol. The first-order chi connectivity index (χ1) is 15.1. The highest BCUT2D eigenvalue weighted by molar-refractivity contribution is 5.87. The zero-order chi connectivity index (χ0) is 22.0. The van der Waals surface area contributed by atoms with E-state index in [1.54, 1.807) is 45.6 Å². The Balaban J connectivity index is 1.89. The van der Waals surface area contributed by atoms with Gasteiger partial charge in [0.1, 0.15) is 5.82 Å². The van der Waals surface area contributed by atoms with E-state index in [-0.39, 0.29) is 5.56 Å². The van der Waals surface area contributed by atoms with E-state index in [2.05, 4.69) is 5.32 Å². The lowest BCUT2D eigenvalue weighted by molar-refractivity contribution is 0.0697. The summed E-state index contributed by atoms with van der Waals surface area (Å²) in [5, 5.41) is 17.6. The second-order valence-electron chi connectivity index (χ2n) is 7.24. The third-order valence-corrected chi connectivity index (χ3v) is 5.43. The second-order valence-corrected chi connectivity index (χ2v) is 7.24. The third kappa shape index (κ3) is 3.76. The summed E-state index contributed by atoms with van der Waals surface area (Å²) >= 11 is 0. The lowest BCUT2D eigenvalue weighted by atomic mass is 10.0. The van der Waals surface area contributed by atoms with Gasteiger partial charge in [0, 0.05) is 17.7 Å². The van der Waals surface area contributed by atoms with Crippen LogP contribution in [0.1, 0.15) is 28.8 Å². The van der Waals surface area contributed by atoms with E-state index in [4.69, 9.17) is 19.3 Å². The van der Waals surface area contributed by atoms with Crippen LogP contribution in [-0.4, -0.2) is 48.7 Å². The first-order valence-corrected chi connectivity index (χ1v) is 10.1. The fourth-order valence-corrected chi connectivity index (χ4v) is 3.88. The van der Waals surface area contributed by atoms with Gasteiger partial charge < -0.3 is 24.6 Å². The van der Waals surface area contributed by atoms with Gasteiger partial charge in [-0.3, -0.25) is 0 Å². The van der Waals surface area contributed by atoms with E-state index in [1.165, 1.54) is 0 Å². The standard InChI is InChI=1S/C23H25N3O5/c1-29-18-12-15(13-19(30-2)21(18)31-3)20-17-6-4-5-11-24-22(17)26(25-20)16-9-7-14(8-10-16)23(27)28/h7-10,12-13,24H,4-6,11H2,1-3H3,(H,27,28). The first-order valence-electron chi connectivity index (χ1n) is 10.1. The number of rotatable bonds is 6. The number of carboxylic acid groups (broad SMARTS) is 1. The van der Waals surface area contributed by atoms with Crippen molar-refractivity contribution in [3.05, 3.63) is 47.5 Å². The van der Waals surface area contributed by atoms with Crippen LogP contribution in [0.5, 0.6) is 17.2 Å². The van der Waals surface area contributed by atoms with Crippen LogP contribution in [0.3, 0.4) is 0 Å². The molecule has 0 saturated heterocycles. The molecule has 0 spiro atoms. The van der Waals surface area contributed by atoms with Crippen molar-refractivity contribution < 1.29 is 24.1 Å². The van der Waals surface area contributed by atoms with Crippen LogP contribution >= 0.6 is 0 Å². The Morgan fingerprint density at radius 2 is 1.71 bits per heavy atom. The first kappa shape index (κ1) is 20.6. The molecule has 31 heavy (non-hydrogen) atoms. The summed E-state index contributed by atoms with van der Waals surface area (Å²) in [5.41, 5.74) is 3.81. The maximum absolute atomic E-state index is 11.2. The molecule has 8 nitrogen and oxygen atoms in total. The quantitative estimate of drug-likeness (QED) is 0.618. The molecule has 4 rings (SSSR count). The van der Waals surface area contributed by atoms with Gasteiger partial charge in [-0.2, -0.15) is 5.10 Å². The summed E-state index contributed by atoms with van der Waals surface area (Å²) in [6, 6.07) is 10.5. The van der Waals surface area contributed by atoms with Crippen LogP contribution in [0, 0.1) is 0 Å². The van der Waals surface area contributed by atoms with Crippen molar-refractivity contribution in [3.63, 3.8) is 0 Å². The van der Waals surface area contributed by atoms with Crippen molar-refractivity contribution in [2.24, 2.45) is 0 Å². The van der Waals surface area contributed by atoms with Crippen LogP contribution in [-0.2, 0) is 6.42 Å². The van der Waals surface area contributed by atoms with Crippen molar-refractivity contribution >= 4 is 11.8 Å². The zero-order valence-electron chi connectivity index (χ0n) is 17.8. The number of ether oxygens (including phenoxy) is 3. The van der Waals surface area contributed by atoms with Gasteiger partial charge in [-0.15, -0.1) is 0 Å². The Hall–Kier alpha value is -3.68. The van der Waals surface area contributed by atoms with Gasteiger partial charge in [0.2, 0.25) is 5.75 Å². The van der Waals surface area contributed by atoms with Gasteiger partial charge in [-0.1, -0.05) is 0 Å². The Morgan fingerprint density at radius 1 is 1.03 bits per heavy atom. The van der Waals surface area contributed by atoms with Gasteiger partial charge in [0.15, 0.2) is 11.5 Å². The number of carboxylic acids is 1. The number of aromatic carboxylic acids is 1. The van der Waals surface area contributed by atoms with Gasteiger partial charge in [0.05, 0.1) is 38.3 Å².